The predicted molar refractivity (Wildman–Crippen MR) is 60.3 cm³/mol. The van der Waals surface area contributed by atoms with Crippen LogP contribution in [0.15, 0.2) is 16.9 Å². The van der Waals surface area contributed by atoms with E-state index >= 15 is 0 Å². The summed E-state index contributed by atoms with van der Waals surface area (Å²) in [4.78, 5) is 4.24. The van der Waals surface area contributed by atoms with E-state index in [2.05, 4.69) is 22.2 Å². The molecule has 0 saturated heterocycles. The molecule has 92 valence electrons. The van der Waals surface area contributed by atoms with Crippen molar-refractivity contribution in [1.29, 1.82) is 0 Å². The van der Waals surface area contributed by atoms with Gasteiger partial charge >= 0.3 is 0 Å². The van der Waals surface area contributed by atoms with Crippen LogP contribution in [-0.2, 0) is 24.8 Å². The highest BCUT2D eigenvalue weighted by Crippen LogP contribution is 2.18. The molecule has 6 nitrogen and oxygen atoms in total. The van der Waals surface area contributed by atoms with Crippen molar-refractivity contribution in [2.45, 2.75) is 25.9 Å². The molecule has 0 saturated carbocycles. The second-order valence-corrected chi connectivity index (χ2v) is 4.09. The predicted octanol–water partition coefficient (Wildman–Crippen LogP) is 1.30. The van der Waals surface area contributed by atoms with Crippen LogP contribution in [0, 0.1) is 0 Å². The number of hydrogen-bond donors (Lipinski definition) is 0. The Hall–Kier alpha value is -1.69. The number of ether oxygens (including phenoxy) is 1. The summed E-state index contributed by atoms with van der Waals surface area (Å²) in [5.74, 6) is 1.52. The fourth-order valence-corrected chi connectivity index (χ4v) is 1.64. The molecule has 0 amide bonds. The molecule has 0 aliphatic heterocycles. The lowest BCUT2D eigenvalue weighted by molar-refractivity contribution is 0.174. The van der Waals surface area contributed by atoms with Crippen molar-refractivity contribution in [1.82, 2.24) is 19.9 Å². The molecule has 17 heavy (non-hydrogen) atoms. The van der Waals surface area contributed by atoms with E-state index in [1.165, 1.54) is 5.56 Å². The Kier molecular flexibility index (Phi) is 3.53. The molecule has 2 rings (SSSR count). The molecule has 2 aromatic heterocycles. The molecule has 0 radical (unpaired) electrons. The highest BCUT2D eigenvalue weighted by molar-refractivity contribution is 5.11. The van der Waals surface area contributed by atoms with Gasteiger partial charge in [-0.15, -0.1) is 0 Å². The van der Waals surface area contributed by atoms with Crippen LogP contribution >= 0.6 is 0 Å². The van der Waals surface area contributed by atoms with Gasteiger partial charge in [0.05, 0.1) is 6.20 Å². The second kappa shape index (κ2) is 5.09. The van der Waals surface area contributed by atoms with E-state index in [0.717, 1.165) is 0 Å². The van der Waals surface area contributed by atoms with Crippen molar-refractivity contribution < 1.29 is 9.26 Å². The molecule has 0 fully saturated rings. The Labute approximate surface area is 99.6 Å². The molecule has 2 heterocycles. The van der Waals surface area contributed by atoms with Gasteiger partial charge in [-0.2, -0.15) is 10.1 Å². The molecule has 0 N–H and O–H groups in total. The summed E-state index contributed by atoms with van der Waals surface area (Å²) in [6.45, 7) is 2.49. The van der Waals surface area contributed by atoms with Crippen molar-refractivity contribution >= 4 is 0 Å². The Morgan fingerprint density at radius 2 is 2.35 bits per heavy atom. The number of nitrogens with zero attached hydrogens (tertiary/aromatic N) is 4. The molecule has 0 bridgehead atoms. The van der Waals surface area contributed by atoms with Gasteiger partial charge in [-0.25, -0.2) is 0 Å². The van der Waals surface area contributed by atoms with Crippen LogP contribution < -0.4 is 0 Å². The third-order valence-corrected chi connectivity index (χ3v) is 2.56. The molecule has 0 aliphatic rings. The number of hydrogen-bond acceptors (Lipinski definition) is 5. The Morgan fingerprint density at radius 1 is 1.53 bits per heavy atom. The number of rotatable bonds is 5. The Bertz CT molecular complexity index is 477. The maximum Gasteiger partial charge on any atom is 0.227 e. The van der Waals surface area contributed by atoms with Crippen LogP contribution in [0.1, 0.15) is 30.1 Å². The minimum atomic E-state index is 0.305. The molecule has 2 aromatic rings. The minimum absolute atomic E-state index is 0.305. The molecule has 1 atom stereocenters. The van der Waals surface area contributed by atoms with E-state index in [1.807, 2.05) is 19.4 Å². The van der Waals surface area contributed by atoms with Gasteiger partial charge in [0.15, 0.2) is 5.82 Å². The smallest absolute Gasteiger partial charge is 0.227 e. The van der Waals surface area contributed by atoms with Crippen molar-refractivity contribution in [2.75, 3.05) is 7.11 Å². The van der Waals surface area contributed by atoms with E-state index in [9.17, 15) is 0 Å². The summed E-state index contributed by atoms with van der Waals surface area (Å²) in [6, 6.07) is 0. The fraction of sp³-hybridized carbons (Fsp3) is 0.545. The normalized spacial score (nSPS) is 12.9. The molecule has 6 heteroatoms. The summed E-state index contributed by atoms with van der Waals surface area (Å²) in [5.41, 5.74) is 1.17. The fourth-order valence-electron chi connectivity index (χ4n) is 1.64. The van der Waals surface area contributed by atoms with E-state index in [1.54, 1.807) is 11.8 Å². The molecular formula is C11H16N4O2. The topological polar surface area (TPSA) is 66.0 Å². The van der Waals surface area contributed by atoms with Gasteiger partial charge in [-0.1, -0.05) is 12.1 Å². The maximum absolute atomic E-state index is 5.15. The first-order valence-electron chi connectivity index (χ1n) is 5.48. The zero-order valence-corrected chi connectivity index (χ0v) is 10.3. The van der Waals surface area contributed by atoms with Gasteiger partial charge in [0.2, 0.25) is 5.89 Å². The van der Waals surface area contributed by atoms with Gasteiger partial charge < -0.3 is 9.26 Å². The molecule has 1 unspecified atom stereocenters. The van der Waals surface area contributed by atoms with Crippen molar-refractivity contribution in [3.63, 3.8) is 0 Å². The van der Waals surface area contributed by atoms with Gasteiger partial charge in [0, 0.05) is 26.8 Å². The molecular weight excluding hydrogens is 220 g/mol. The minimum Gasteiger partial charge on any atom is -0.377 e. The van der Waals surface area contributed by atoms with Gasteiger partial charge in [-0.05, 0) is 11.5 Å². The zero-order valence-electron chi connectivity index (χ0n) is 10.3. The largest absolute Gasteiger partial charge is 0.377 e. The summed E-state index contributed by atoms with van der Waals surface area (Å²) < 4.78 is 11.9. The first kappa shape index (κ1) is 11.8. The third kappa shape index (κ3) is 2.91. The number of aromatic nitrogens is 4. The van der Waals surface area contributed by atoms with Crippen molar-refractivity contribution in [3.05, 3.63) is 29.7 Å². The SMILES string of the molecule is COCc1noc(CC(C)c2cnn(C)c2)n1. The number of aryl methyl sites for hydroxylation is 1. The molecule has 0 spiro atoms. The van der Waals surface area contributed by atoms with Crippen LogP contribution in [0.25, 0.3) is 0 Å². The van der Waals surface area contributed by atoms with Crippen LogP contribution in [0.4, 0.5) is 0 Å². The van der Waals surface area contributed by atoms with Gasteiger partial charge in [-0.3, -0.25) is 4.68 Å². The zero-order chi connectivity index (χ0) is 12.3. The number of methoxy groups -OCH3 is 1. The first-order valence-corrected chi connectivity index (χ1v) is 5.48. The second-order valence-electron chi connectivity index (χ2n) is 4.09. The lowest BCUT2D eigenvalue weighted by Crippen LogP contribution is -1.98. The van der Waals surface area contributed by atoms with Crippen LogP contribution in [0.5, 0.6) is 0 Å². The Morgan fingerprint density at radius 3 is 3.00 bits per heavy atom. The summed E-state index contributed by atoms with van der Waals surface area (Å²) in [5, 5.41) is 7.97. The lowest BCUT2D eigenvalue weighted by atomic mass is 10.0. The third-order valence-electron chi connectivity index (χ3n) is 2.56. The van der Waals surface area contributed by atoms with Crippen LogP contribution in [0.2, 0.25) is 0 Å². The van der Waals surface area contributed by atoms with E-state index in [0.29, 0.717) is 30.7 Å². The van der Waals surface area contributed by atoms with Gasteiger partial charge in [0.1, 0.15) is 6.61 Å². The quantitative estimate of drug-likeness (QED) is 0.782. The summed E-state index contributed by atoms with van der Waals surface area (Å²) in [6.07, 6.45) is 4.57. The average molecular weight is 236 g/mol. The van der Waals surface area contributed by atoms with E-state index < -0.39 is 0 Å². The average Bonchev–Trinajstić information content (AvgIpc) is 2.88. The van der Waals surface area contributed by atoms with E-state index in [4.69, 9.17) is 9.26 Å². The molecule has 0 aromatic carbocycles. The molecule has 0 aliphatic carbocycles. The monoisotopic (exact) mass is 236 g/mol. The van der Waals surface area contributed by atoms with Crippen LogP contribution in [0.3, 0.4) is 0 Å². The summed E-state index contributed by atoms with van der Waals surface area (Å²) in [7, 11) is 3.51. The van der Waals surface area contributed by atoms with Crippen LogP contribution in [-0.4, -0.2) is 27.0 Å². The van der Waals surface area contributed by atoms with Crippen molar-refractivity contribution in [2.24, 2.45) is 7.05 Å². The highest BCUT2D eigenvalue weighted by Gasteiger charge is 2.13. The lowest BCUT2D eigenvalue weighted by Gasteiger charge is -2.04. The Balaban J connectivity index is 1.99. The standard InChI is InChI=1S/C11H16N4O2/c1-8(9-5-12-15(2)6-9)4-11-13-10(7-16-3)14-17-11/h5-6,8H,4,7H2,1-3H3. The van der Waals surface area contributed by atoms with Gasteiger partial charge in [0.25, 0.3) is 0 Å². The summed E-state index contributed by atoms with van der Waals surface area (Å²) >= 11 is 0. The van der Waals surface area contributed by atoms with E-state index in [-0.39, 0.29) is 0 Å². The first-order chi connectivity index (χ1) is 8.19. The maximum atomic E-state index is 5.15. The van der Waals surface area contributed by atoms with Crippen molar-refractivity contribution in [3.8, 4) is 0 Å². The highest BCUT2D eigenvalue weighted by atomic mass is 16.5.